The molecule has 1 heterocycles. The van der Waals surface area contributed by atoms with Gasteiger partial charge < -0.3 is 9.47 Å². The Morgan fingerprint density at radius 3 is 1.96 bits per heavy atom. The molecule has 0 fully saturated rings. The van der Waals surface area contributed by atoms with Gasteiger partial charge in [0.2, 0.25) is 5.69 Å². The van der Waals surface area contributed by atoms with Crippen LogP contribution in [0.3, 0.4) is 0 Å². The lowest BCUT2D eigenvalue weighted by molar-refractivity contribution is -0.392. The first-order chi connectivity index (χ1) is 13.2. The number of anilines is 1. The lowest BCUT2D eigenvalue weighted by Crippen LogP contribution is -2.28. The van der Waals surface area contributed by atoms with Gasteiger partial charge in [-0.3, -0.25) is 25.1 Å². The molecule has 0 aromatic heterocycles. The molecule has 2 rings (SSSR count). The summed E-state index contributed by atoms with van der Waals surface area (Å²) in [4.78, 5) is 47.0. The average molecular weight is 389 g/mol. The average Bonchev–Trinajstić information content (AvgIpc) is 2.88. The Hall–Kier alpha value is -4.02. The molecule has 1 aliphatic rings. The lowest BCUT2D eigenvalue weighted by atomic mass is 10.1. The number of nitro benzene ring substituents is 2. The number of ether oxygens (including phenoxy) is 2. The summed E-state index contributed by atoms with van der Waals surface area (Å²) in [6.07, 6.45) is 5.15. The van der Waals surface area contributed by atoms with Crippen molar-refractivity contribution in [1.82, 2.24) is 0 Å². The Balaban J connectivity index is 2.95. The number of benzene rings is 1. The highest BCUT2D eigenvalue weighted by molar-refractivity contribution is 6.06. The van der Waals surface area contributed by atoms with Crippen LogP contribution in [0.5, 0.6) is 0 Å². The zero-order valence-corrected chi connectivity index (χ0v) is 15.1. The van der Waals surface area contributed by atoms with E-state index in [2.05, 4.69) is 4.74 Å². The second-order valence-electron chi connectivity index (χ2n) is 5.48. The Kier molecular flexibility index (Phi) is 5.88. The molecule has 146 valence electrons. The van der Waals surface area contributed by atoms with E-state index in [1.807, 2.05) is 0 Å². The molecule has 0 radical (unpaired) electrons. The molecule has 0 unspecified atom stereocenters. The Morgan fingerprint density at radius 1 is 0.964 bits per heavy atom. The van der Waals surface area contributed by atoms with Crippen molar-refractivity contribution >= 4 is 29.0 Å². The van der Waals surface area contributed by atoms with Gasteiger partial charge in [-0.25, -0.2) is 9.59 Å². The third-order valence-corrected chi connectivity index (χ3v) is 3.74. The second-order valence-corrected chi connectivity index (χ2v) is 5.48. The van der Waals surface area contributed by atoms with Gasteiger partial charge in [0, 0.05) is 18.3 Å². The first kappa shape index (κ1) is 20.3. The van der Waals surface area contributed by atoms with Crippen LogP contribution in [-0.2, 0) is 19.1 Å². The van der Waals surface area contributed by atoms with E-state index >= 15 is 0 Å². The van der Waals surface area contributed by atoms with E-state index in [0.29, 0.717) is 0 Å². The summed E-state index contributed by atoms with van der Waals surface area (Å²) >= 11 is 0. The molecule has 0 N–H and O–H groups in total. The molecular weight excluding hydrogens is 374 g/mol. The van der Waals surface area contributed by atoms with Crippen molar-refractivity contribution in [1.29, 1.82) is 0 Å². The van der Waals surface area contributed by atoms with Crippen molar-refractivity contribution in [3.63, 3.8) is 0 Å². The van der Waals surface area contributed by atoms with E-state index in [-0.39, 0.29) is 11.1 Å². The molecule has 0 aliphatic carbocycles. The number of allylic oxidation sites excluding steroid dienone is 2. The molecule has 0 spiro atoms. The van der Waals surface area contributed by atoms with Crippen LogP contribution in [0, 0.1) is 27.2 Å². The maximum atomic E-state index is 12.4. The van der Waals surface area contributed by atoms with Crippen molar-refractivity contribution in [3.05, 3.63) is 73.6 Å². The molecule has 0 amide bonds. The van der Waals surface area contributed by atoms with Gasteiger partial charge in [-0.1, -0.05) is 6.08 Å². The Labute approximate surface area is 158 Å². The molecular formula is C17H15N3O8. The summed E-state index contributed by atoms with van der Waals surface area (Å²) in [7, 11) is 2.12. The minimum absolute atomic E-state index is 0.274. The monoisotopic (exact) mass is 389 g/mol. The highest BCUT2D eigenvalue weighted by Gasteiger charge is 2.36. The topological polar surface area (TPSA) is 142 Å². The number of hydrogen-bond acceptors (Lipinski definition) is 9. The molecule has 1 aliphatic heterocycles. The minimum atomic E-state index is -1.04. The number of esters is 2. The van der Waals surface area contributed by atoms with Crippen LogP contribution < -0.4 is 4.90 Å². The molecule has 11 heteroatoms. The number of nitro groups is 2. The summed E-state index contributed by atoms with van der Waals surface area (Å²) in [5.41, 5.74) is -2.22. The van der Waals surface area contributed by atoms with Crippen molar-refractivity contribution in [3.8, 4) is 0 Å². The fourth-order valence-electron chi connectivity index (χ4n) is 2.60. The second kappa shape index (κ2) is 8.12. The fourth-order valence-corrected chi connectivity index (χ4v) is 2.60. The highest BCUT2D eigenvalue weighted by Crippen LogP contribution is 2.41. The quantitative estimate of drug-likeness (QED) is 0.421. The summed E-state index contributed by atoms with van der Waals surface area (Å²) in [6.45, 7) is 1.46. The van der Waals surface area contributed by atoms with Crippen LogP contribution in [0.4, 0.5) is 17.1 Å². The van der Waals surface area contributed by atoms with Gasteiger partial charge >= 0.3 is 23.3 Å². The SMILES string of the molecule is COC(=O)C1=C(C(=O)OC)N(c2c([N+](=O)[O-])cc(C)cc2[N+](=O)[O-])C=CC=C1. The summed E-state index contributed by atoms with van der Waals surface area (Å²) < 4.78 is 9.34. The van der Waals surface area contributed by atoms with Crippen LogP contribution in [0.1, 0.15) is 5.56 Å². The Bertz CT molecular complexity index is 926. The van der Waals surface area contributed by atoms with Gasteiger partial charge in [-0.05, 0) is 24.6 Å². The molecule has 0 bridgehead atoms. The summed E-state index contributed by atoms with van der Waals surface area (Å²) in [5.74, 6) is -1.97. The predicted molar refractivity (Wildman–Crippen MR) is 96.3 cm³/mol. The van der Waals surface area contributed by atoms with Gasteiger partial charge in [0.25, 0.3) is 0 Å². The molecule has 0 atom stereocenters. The van der Waals surface area contributed by atoms with Gasteiger partial charge in [-0.2, -0.15) is 0 Å². The van der Waals surface area contributed by atoms with Crippen LogP contribution in [0.25, 0.3) is 0 Å². The first-order valence-corrected chi connectivity index (χ1v) is 7.71. The molecule has 1 aromatic carbocycles. The maximum absolute atomic E-state index is 12.4. The van der Waals surface area contributed by atoms with Crippen LogP contribution in [0.15, 0.2) is 47.8 Å². The fraction of sp³-hybridized carbons (Fsp3) is 0.176. The minimum Gasteiger partial charge on any atom is -0.465 e. The summed E-state index contributed by atoms with van der Waals surface area (Å²) in [6, 6.07) is 2.25. The summed E-state index contributed by atoms with van der Waals surface area (Å²) in [5, 5.41) is 23.2. The normalized spacial score (nSPS) is 13.2. The van der Waals surface area contributed by atoms with Crippen molar-refractivity contribution < 1.29 is 28.9 Å². The van der Waals surface area contributed by atoms with E-state index in [1.54, 1.807) is 0 Å². The van der Waals surface area contributed by atoms with E-state index in [4.69, 9.17) is 4.74 Å². The van der Waals surface area contributed by atoms with Gasteiger partial charge in [0.05, 0.1) is 29.6 Å². The number of nitrogens with zero attached hydrogens (tertiary/aromatic N) is 3. The molecule has 0 saturated heterocycles. The van der Waals surface area contributed by atoms with Crippen LogP contribution >= 0.6 is 0 Å². The van der Waals surface area contributed by atoms with E-state index in [0.717, 1.165) is 31.3 Å². The van der Waals surface area contributed by atoms with E-state index in [1.165, 1.54) is 31.4 Å². The largest absolute Gasteiger partial charge is 0.465 e. The van der Waals surface area contributed by atoms with Gasteiger partial charge in [-0.15, -0.1) is 0 Å². The zero-order chi connectivity index (χ0) is 21.0. The number of carbonyl (C=O) groups is 2. The first-order valence-electron chi connectivity index (χ1n) is 7.71. The van der Waals surface area contributed by atoms with E-state index < -0.39 is 44.5 Å². The van der Waals surface area contributed by atoms with E-state index in [9.17, 15) is 29.8 Å². The van der Waals surface area contributed by atoms with Crippen molar-refractivity contribution in [2.24, 2.45) is 0 Å². The number of methoxy groups -OCH3 is 2. The smallest absolute Gasteiger partial charge is 0.355 e. The number of aryl methyl sites for hydroxylation is 1. The third-order valence-electron chi connectivity index (χ3n) is 3.74. The van der Waals surface area contributed by atoms with Crippen LogP contribution in [-0.4, -0.2) is 36.0 Å². The van der Waals surface area contributed by atoms with Crippen LogP contribution in [0.2, 0.25) is 0 Å². The lowest BCUT2D eigenvalue weighted by Gasteiger charge is -2.22. The highest BCUT2D eigenvalue weighted by atomic mass is 16.6. The zero-order valence-electron chi connectivity index (χ0n) is 15.1. The standard InChI is InChI=1S/C17H15N3O8/c1-10-8-12(19(23)24)15(13(9-10)20(25)26)18-7-5-4-6-11(16(21)27-2)14(18)17(22)28-3/h4-9H,1-3H3. The van der Waals surface area contributed by atoms with Crippen molar-refractivity contribution in [2.45, 2.75) is 6.92 Å². The molecule has 0 saturated carbocycles. The Morgan fingerprint density at radius 2 is 1.50 bits per heavy atom. The number of hydrogen-bond donors (Lipinski definition) is 0. The maximum Gasteiger partial charge on any atom is 0.355 e. The predicted octanol–water partition coefficient (Wildman–Crippen LogP) is 2.30. The third kappa shape index (κ3) is 3.72. The van der Waals surface area contributed by atoms with Gasteiger partial charge in [0.1, 0.15) is 5.70 Å². The molecule has 1 aromatic rings. The molecule has 28 heavy (non-hydrogen) atoms. The number of rotatable bonds is 5. The molecule has 11 nitrogen and oxygen atoms in total. The number of carbonyl (C=O) groups excluding carboxylic acids is 2. The van der Waals surface area contributed by atoms with Gasteiger partial charge in [0.15, 0.2) is 0 Å². The van der Waals surface area contributed by atoms with Crippen molar-refractivity contribution in [2.75, 3.05) is 19.1 Å².